The number of rotatable bonds is 5. The van der Waals surface area contributed by atoms with Crippen LogP contribution in [0.2, 0.25) is 0 Å². The van der Waals surface area contributed by atoms with Crippen LogP contribution in [0.15, 0.2) is 18.2 Å². The number of fused-ring (bicyclic) bond motifs is 1. The molecule has 0 aliphatic carbocycles. The molecule has 0 radical (unpaired) electrons. The van der Waals surface area contributed by atoms with Crippen LogP contribution < -0.4 is 5.73 Å². The van der Waals surface area contributed by atoms with E-state index in [1.165, 1.54) is 23.1 Å². The Hall–Kier alpha value is -0.900. The minimum absolute atomic E-state index is 0.419. The van der Waals surface area contributed by atoms with E-state index in [0.717, 1.165) is 26.2 Å². The molecule has 1 aliphatic rings. The number of hydrogen-bond donors (Lipinski definition) is 1. The van der Waals surface area contributed by atoms with Crippen LogP contribution >= 0.6 is 0 Å². The third-order valence-corrected chi connectivity index (χ3v) is 3.62. The second kappa shape index (κ2) is 5.83. The summed E-state index contributed by atoms with van der Waals surface area (Å²) in [6.07, 6.45) is 1.19. The first-order valence-corrected chi connectivity index (χ1v) is 6.86. The van der Waals surface area contributed by atoms with Gasteiger partial charge in [-0.05, 0) is 43.8 Å². The maximum Gasteiger partial charge on any atom is 0.0477 e. The molecule has 3 heteroatoms. The Balaban J connectivity index is 2.23. The lowest BCUT2D eigenvalue weighted by molar-refractivity contribution is 0.220. The van der Waals surface area contributed by atoms with E-state index < -0.39 is 0 Å². The predicted octanol–water partition coefficient (Wildman–Crippen LogP) is 1.97. The second-order valence-electron chi connectivity index (χ2n) is 5.49. The average Bonchev–Trinajstić information content (AvgIpc) is 2.65. The Labute approximate surface area is 111 Å². The molecule has 0 amide bonds. The maximum absolute atomic E-state index is 5.97. The fourth-order valence-corrected chi connectivity index (χ4v) is 2.89. The van der Waals surface area contributed by atoms with Crippen molar-refractivity contribution in [3.63, 3.8) is 0 Å². The smallest absolute Gasteiger partial charge is 0.0477 e. The average molecular weight is 247 g/mol. The van der Waals surface area contributed by atoms with Crippen LogP contribution in [0.5, 0.6) is 0 Å². The van der Waals surface area contributed by atoms with Crippen molar-refractivity contribution in [1.82, 2.24) is 9.80 Å². The lowest BCUT2D eigenvalue weighted by atomic mass is 10.0. The first-order valence-electron chi connectivity index (χ1n) is 6.86. The van der Waals surface area contributed by atoms with Gasteiger partial charge in [0.15, 0.2) is 0 Å². The molecule has 1 aliphatic heterocycles. The van der Waals surface area contributed by atoms with Crippen LogP contribution in [0.3, 0.4) is 0 Å². The standard InChI is InChI=1S/C15H25N3/c1-4-7-18-11-13-6-5-12(10-17(2)3)8-14(13)15(18)9-16/h5-6,8,15H,4,7,9-11,16H2,1-3H3. The molecule has 1 atom stereocenters. The molecule has 1 unspecified atom stereocenters. The zero-order valence-corrected chi connectivity index (χ0v) is 11.8. The zero-order valence-electron chi connectivity index (χ0n) is 11.8. The minimum atomic E-state index is 0.419. The monoisotopic (exact) mass is 247 g/mol. The van der Waals surface area contributed by atoms with Gasteiger partial charge >= 0.3 is 0 Å². The van der Waals surface area contributed by atoms with Crippen molar-refractivity contribution >= 4 is 0 Å². The highest BCUT2D eigenvalue weighted by Gasteiger charge is 2.28. The summed E-state index contributed by atoms with van der Waals surface area (Å²) >= 11 is 0. The molecule has 0 saturated heterocycles. The molecule has 0 spiro atoms. The van der Waals surface area contributed by atoms with Crippen molar-refractivity contribution in [2.45, 2.75) is 32.5 Å². The van der Waals surface area contributed by atoms with Gasteiger partial charge in [-0.2, -0.15) is 0 Å². The number of hydrogen-bond acceptors (Lipinski definition) is 3. The lowest BCUT2D eigenvalue weighted by Gasteiger charge is -2.23. The third-order valence-electron chi connectivity index (χ3n) is 3.62. The number of benzene rings is 1. The van der Waals surface area contributed by atoms with Crippen molar-refractivity contribution < 1.29 is 0 Å². The van der Waals surface area contributed by atoms with Gasteiger partial charge in [0.05, 0.1) is 0 Å². The fraction of sp³-hybridized carbons (Fsp3) is 0.600. The van der Waals surface area contributed by atoms with Gasteiger partial charge in [0.2, 0.25) is 0 Å². The molecule has 18 heavy (non-hydrogen) atoms. The number of nitrogens with two attached hydrogens (primary N) is 1. The molecular formula is C15H25N3. The second-order valence-corrected chi connectivity index (χ2v) is 5.49. The van der Waals surface area contributed by atoms with Crippen LogP contribution in [0.4, 0.5) is 0 Å². The van der Waals surface area contributed by atoms with Crippen LogP contribution in [0.25, 0.3) is 0 Å². The largest absolute Gasteiger partial charge is 0.329 e. The summed E-state index contributed by atoms with van der Waals surface area (Å²) in [5.41, 5.74) is 10.3. The van der Waals surface area contributed by atoms with Crippen molar-refractivity contribution in [3.05, 3.63) is 34.9 Å². The Morgan fingerprint density at radius 1 is 1.39 bits per heavy atom. The van der Waals surface area contributed by atoms with Crippen molar-refractivity contribution in [2.24, 2.45) is 5.73 Å². The van der Waals surface area contributed by atoms with Crippen LogP contribution in [-0.2, 0) is 13.1 Å². The quantitative estimate of drug-likeness (QED) is 0.863. The van der Waals surface area contributed by atoms with Crippen molar-refractivity contribution in [2.75, 3.05) is 27.2 Å². The summed E-state index contributed by atoms with van der Waals surface area (Å²) in [4.78, 5) is 4.71. The summed E-state index contributed by atoms with van der Waals surface area (Å²) < 4.78 is 0. The summed E-state index contributed by atoms with van der Waals surface area (Å²) in [6, 6.07) is 7.30. The molecule has 100 valence electrons. The van der Waals surface area contributed by atoms with E-state index in [9.17, 15) is 0 Å². The van der Waals surface area contributed by atoms with Gasteiger partial charge in [-0.1, -0.05) is 25.1 Å². The Morgan fingerprint density at radius 2 is 2.17 bits per heavy atom. The Morgan fingerprint density at radius 3 is 2.78 bits per heavy atom. The predicted molar refractivity (Wildman–Crippen MR) is 76.3 cm³/mol. The first-order chi connectivity index (χ1) is 8.65. The Bertz CT molecular complexity index is 401. The van der Waals surface area contributed by atoms with Crippen LogP contribution in [0.1, 0.15) is 36.1 Å². The van der Waals surface area contributed by atoms with Gasteiger partial charge in [0.1, 0.15) is 0 Å². The maximum atomic E-state index is 5.97. The molecular weight excluding hydrogens is 222 g/mol. The summed E-state index contributed by atoms with van der Waals surface area (Å²) in [5, 5.41) is 0. The fourth-order valence-electron chi connectivity index (χ4n) is 2.89. The summed E-state index contributed by atoms with van der Waals surface area (Å²) in [5.74, 6) is 0. The molecule has 0 fully saturated rings. The van der Waals surface area contributed by atoms with Crippen molar-refractivity contribution in [1.29, 1.82) is 0 Å². The topological polar surface area (TPSA) is 32.5 Å². The van der Waals surface area contributed by atoms with Gasteiger partial charge in [-0.3, -0.25) is 4.90 Å². The minimum Gasteiger partial charge on any atom is -0.329 e. The molecule has 2 rings (SSSR count). The summed E-state index contributed by atoms with van der Waals surface area (Å²) in [6.45, 7) is 6.15. The van der Waals surface area contributed by atoms with E-state index in [2.05, 4.69) is 49.0 Å². The van der Waals surface area contributed by atoms with Crippen LogP contribution in [0, 0.1) is 0 Å². The van der Waals surface area contributed by atoms with Crippen LogP contribution in [-0.4, -0.2) is 37.0 Å². The SMILES string of the molecule is CCCN1Cc2ccc(CN(C)C)cc2C1CN. The number of nitrogens with zero attached hydrogens (tertiary/aromatic N) is 2. The lowest BCUT2D eigenvalue weighted by Crippen LogP contribution is -2.28. The summed E-state index contributed by atoms with van der Waals surface area (Å²) in [7, 11) is 4.22. The van der Waals surface area contributed by atoms with E-state index in [-0.39, 0.29) is 0 Å². The van der Waals surface area contributed by atoms with Gasteiger partial charge in [-0.15, -0.1) is 0 Å². The van der Waals surface area contributed by atoms with Gasteiger partial charge in [-0.25, -0.2) is 0 Å². The highest BCUT2D eigenvalue weighted by atomic mass is 15.2. The highest BCUT2D eigenvalue weighted by molar-refractivity contribution is 5.38. The molecule has 1 aromatic rings. The van der Waals surface area contributed by atoms with E-state index in [1.54, 1.807) is 0 Å². The first kappa shape index (κ1) is 13.5. The molecule has 0 saturated carbocycles. The van der Waals surface area contributed by atoms with E-state index in [1.807, 2.05) is 0 Å². The third kappa shape index (κ3) is 2.74. The molecule has 0 aromatic heterocycles. The van der Waals surface area contributed by atoms with Gasteiger partial charge in [0, 0.05) is 25.7 Å². The molecule has 0 bridgehead atoms. The van der Waals surface area contributed by atoms with E-state index in [4.69, 9.17) is 5.73 Å². The highest BCUT2D eigenvalue weighted by Crippen LogP contribution is 2.33. The molecule has 2 N–H and O–H groups in total. The van der Waals surface area contributed by atoms with E-state index in [0.29, 0.717) is 6.04 Å². The van der Waals surface area contributed by atoms with Gasteiger partial charge in [0.25, 0.3) is 0 Å². The normalized spacial score (nSPS) is 19.5. The zero-order chi connectivity index (χ0) is 13.1. The van der Waals surface area contributed by atoms with Crippen molar-refractivity contribution in [3.8, 4) is 0 Å². The molecule has 1 heterocycles. The Kier molecular flexibility index (Phi) is 4.38. The van der Waals surface area contributed by atoms with Gasteiger partial charge < -0.3 is 10.6 Å². The van der Waals surface area contributed by atoms with E-state index >= 15 is 0 Å². The molecule has 3 nitrogen and oxygen atoms in total. The molecule has 1 aromatic carbocycles.